The van der Waals surface area contributed by atoms with E-state index in [-0.39, 0.29) is 36.6 Å². The molecule has 1 heterocycles. The van der Waals surface area contributed by atoms with Crippen LogP contribution in [-0.2, 0) is 9.53 Å². The number of carbonyl (C=O) groups is 2. The van der Waals surface area contributed by atoms with Gasteiger partial charge in [0.05, 0.1) is 5.92 Å². The topological polar surface area (TPSA) is 58.6 Å². The van der Waals surface area contributed by atoms with E-state index in [9.17, 15) is 18.4 Å². The highest BCUT2D eigenvalue weighted by atomic mass is 19.1. The number of amides is 2. The molecule has 3 rings (SSSR count). The van der Waals surface area contributed by atoms with Gasteiger partial charge in [0.2, 0.25) is 5.91 Å². The lowest BCUT2D eigenvalue weighted by molar-refractivity contribution is -0.124. The number of hydrogen-bond acceptors (Lipinski definition) is 3. The van der Waals surface area contributed by atoms with Crippen LogP contribution < -0.4 is 5.32 Å². The van der Waals surface area contributed by atoms with Crippen LogP contribution in [0.4, 0.5) is 8.78 Å². The molecule has 0 aliphatic carbocycles. The number of hydrogen-bond donors (Lipinski definition) is 1. The molecular formula is C22H24F2N2O3. The number of ether oxygens (including phenoxy) is 1. The second kappa shape index (κ2) is 9.60. The molecule has 1 fully saturated rings. The molecule has 0 radical (unpaired) electrons. The van der Waals surface area contributed by atoms with E-state index < -0.39 is 11.7 Å². The van der Waals surface area contributed by atoms with Gasteiger partial charge in [-0.25, -0.2) is 8.78 Å². The fourth-order valence-electron chi connectivity index (χ4n) is 3.64. The molecule has 1 saturated heterocycles. The molecule has 0 bridgehead atoms. The predicted octanol–water partition coefficient (Wildman–Crippen LogP) is 2.97. The first-order chi connectivity index (χ1) is 14.0. The maximum atomic E-state index is 13.8. The molecule has 0 unspecified atom stereocenters. The maximum absolute atomic E-state index is 13.8. The zero-order valence-electron chi connectivity index (χ0n) is 16.2. The normalized spacial score (nSPS) is 18.7. The monoisotopic (exact) mass is 402 g/mol. The van der Waals surface area contributed by atoms with Gasteiger partial charge < -0.3 is 15.0 Å². The molecule has 29 heavy (non-hydrogen) atoms. The zero-order valence-corrected chi connectivity index (χ0v) is 16.2. The summed E-state index contributed by atoms with van der Waals surface area (Å²) in [5.41, 5.74) is 1.03. The van der Waals surface area contributed by atoms with Crippen LogP contribution in [0.1, 0.15) is 28.3 Å². The molecule has 2 atom stereocenters. The molecule has 1 aliphatic rings. The van der Waals surface area contributed by atoms with Crippen molar-refractivity contribution in [2.45, 2.75) is 12.3 Å². The van der Waals surface area contributed by atoms with Gasteiger partial charge in [0.15, 0.2) is 0 Å². The highest BCUT2D eigenvalue weighted by Gasteiger charge is 2.40. The van der Waals surface area contributed by atoms with Gasteiger partial charge in [0.1, 0.15) is 11.6 Å². The second-order valence-corrected chi connectivity index (χ2v) is 7.12. The van der Waals surface area contributed by atoms with Gasteiger partial charge in [-0.15, -0.1) is 0 Å². The van der Waals surface area contributed by atoms with Crippen molar-refractivity contribution in [1.29, 1.82) is 0 Å². The van der Waals surface area contributed by atoms with E-state index in [2.05, 4.69) is 5.32 Å². The Morgan fingerprint density at radius 3 is 2.55 bits per heavy atom. The fraction of sp³-hybridized carbons (Fsp3) is 0.364. The van der Waals surface area contributed by atoms with Crippen molar-refractivity contribution >= 4 is 11.8 Å². The van der Waals surface area contributed by atoms with Gasteiger partial charge >= 0.3 is 0 Å². The van der Waals surface area contributed by atoms with Crippen LogP contribution in [0.2, 0.25) is 0 Å². The average molecular weight is 402 g/mol. The third-order valence-electron chi connectivity index (χ3n) is 5.14. The molecular weight excluding hydrogens is 378 g/mol. The molecule has 5 nitrogen and oxygen atoms in total. The van der Waals surface area contributed by atoms with Gasteiger partial charge in [-0.2, -0.15) is 0 Å². The molecule has 1 N–H and O–H groups in total. The Balaban J connectivity index is 1.78. The van der Waals surface area contributed by atoms with Crippen LogP contribution in [-0.4, -0.2) is 50.1 Å². The van der Waals surface area contributed by atoms with Crippen molar-refractivity contribution in [3.05, 3.63) is 71.3 Å². The van der Waals surface area contributed by atoms with E-state index in [0.29, 0.717) is 30.7 Å². The number of carbonyl (C=O) groups excluding carboxylic acids is 2. The van der Waals surface area contributed by atoms with Crippen molar-refractivity contribution in [1.82, 2.24) is 10.2 Å². The number of likely N-dealkylation sites (tertiary alicyclic amines) is 1. The lowest BCUT2D eigenvalue weighted by Gasteiger charge is -2.18. The maximum Gasteiger partial charge on any atom is 0.253 e. The van der Waals surface area contributed by atoms with Crippen LogP contribution >= 0.6 is 0 Å². The Bertz CT molecular complexity index is 857. The first kappa shape index (κ1) is 20.9. The highest BCUT2D eigenvalue weighted by Crippen LogP contribution is 2.34. The van der Waals surface area contributed by atoms with E-state index in [4.69, 9.17) is 4.74 Å². The summed E-state index contributed by atoms with van der Waals surface area (Å²) in [7, 11) is 1.59. The SMILES string of the molecule is COCCCNC(=O)[C@H]1CN(C(=O)c2ccc(F)cc2)C[C@@H]1c1cccc(F)c1. The van der Waals surface area contributed by atoms with Crippen LogP contribution in [0.25, 0.3) is 0 Å². The molecule has 2 amide bonds. The number of rotatable bonds is 7. The third kappa shape index (κ3) is 5.17. The van der Waals surface area contributed by atoms with Crippen molar-refractivity contribution < 1.29 is 23.1 Å². The van der Waals surface area contributed by atoms with Crippen LogP contribution in [0, 0.1) is 17.6 Å². The molecule has 7 heteroatoms. The number of methoxy groups -OCH3 is 1. The van der Waals surface area contributed by atoms with E-state index in [1.54, 1.807) is 24.1 Å². The summed E-state index contributed by atoms with van der Waals surface area (Å²) < 4.78 is 31.9. The van der Waals surface area contributed by atoms with Gasteiger partial charge in [0, 0.05) is 44.8 Å². The largest absolute Gasteiger partial charge is 0.385 e. The molecule has 2 aromatic carbocycles. The summed E-state index contributed by atoms with van der Waals surface area (Å²) in [4.78, 5) is 27.2. The first-order valence-electron chi connectivity index (χ1n) is 9.56. The third-order valence-corrected chi connectivity index (χ3v) is 5.14. The Kier molecular flexibility index (Phi) is 6.93. The van der Waals surface area contributed by atoms with Crippen molar-refractivity contribution in [2.24, 2.45) is 5.92 Å². The zero-order chi connectivity index (χ0) is 20.8. The Morgan fingerprint density at radius 1 is 1.10 bits per heavy atom. The van der Waals surface area contributed by atoms with Crippen molar-refractivity contribution in [3.8, 4) is 0 Å². The summed E-state index contributed by atoms with van der Waals surface area (Å²) in [6.07, 6.45) is 0.678. The lowest BCUT2D eigenvalue weighted by Crippen LogP contribution is -2.36. The standard InChI is InChI=1S/C22H24F2N2O3/c1-29-11-3-10-25-21(27)20-14-26(22(28)15-6-8-17(23)9-7-15)13-19(20)16-4-2-5-18(24)12-16/h2,4-9,12,19-20H,3,10-11,13-14H2,1H3,(H,25,27)/t19-,20+/m1/s1. The van der Waals surface area contributed by atoms with Gasteiger partial charge in [-0.1, -0.05) is 12.1 Å². The van der Waals surface area contributed by atoms with E-state index in [1.165, 1.54) is 36.4 Å². The minimum absolute atomic E-state index is 0.176. The van der Waals surface area contributed by atoms with Crippen molar-refractivity contribution in [2.75, 3.05) is 33.4 Å². The number of nitrogens with zero attached hydrogens (tertiary/aromatic N) is 1. The van der Waals surface area contributed by atoms with Crippen LogP contribution in [0.15, 0.2) is 48.5 Å². The van der Waals surface area contributed by atoms with E-state index in [0.717, 1.165) is 0 Å². The Labute approximate surface area is 168 Å². The van der Waals surface area contributed by atoms with Gasteiger partial charge in [-0.3, -0.25) is 9.59 Å². The number of halogens is 2. The molecule has 0 aromatic heterocycles. The minimum atomic E-state index is -0.497. The summed E-state index contributed by atoms with van der Waals surface area (Å²) >= 11 is 0. The van der Waals surface area contributed by atoms with Crippen LogP contribution in [0.5, 0.6) is 0 Å². The Morgan fingerprint density at radius 2 is 1.86 bits per heavy atom. The quantitative estimate of drug-likeness (QED) is 0.725. The average Bonchev–Trinajstić information content (AvgIpc) is 3.17. The molecule has 0 saturated carbocycles. The van der Waals surface area contributed by atoms with E-state index in [1.807, 2.05) is 0 Å². The van der Waals surface area contributed by atoms with E-state index >= 15 is 0 Å². The lowest BCUT2D eigenvalue weighted by atomic mass is 9.88. The molecule has 0 spiro atoms. The molecule has 2 aromatic rings. The molecule has 1 aliphatic heterocycles. The number of benzene rings is 2. The Hall–Kier alpha value is -2.80. The van der Waals surface area contributed by atoms with Gasteiger partial charge in [-0.05, 0) is 48.4 Å². The first-order valence-corrected chi connectivity index (χ1v) is 9.56. The number of nitrogens with one attached hydrogen (secondary N) is 1. The van der Waals surface area contributed by atoms with Gasteiger partial charge in [0.25, 0.3) is 5.91 Å². The fourth-order valence-corrected chi connectivity index (χ4v) is 3.64. The summed E-state index contributed by atoms with van der Waals surface area (Å²) in [6.45, 7) is 1.50. The molecule has 154 valence electrons. The van der Waals surface area contributed by atoms with Crippen LogP contribution in [0.3, 0.4) is 0 Å². The van der Waals surface area contributed by atoms with Crippen molar-refractivity contribution in [3.63, 3.8) is 0 Å². The second-order valence-electron chi connectivity index (χ2n) is 7.12. The highest BCUT2D eigenvalue weighted by molar-refractivity contribution is 5.95. The predicted molar refractivity (Wildman–Crippen MR) is 104 cm³/mol. The summed E-state index contributed by atoms with van der Waals surface area (Å²) in [5, 5.41) is 2.88. The minimum Gasteiger partial charge on any atom is -0.385 e. The smallest absolute Gasteiger partial charge is 0.253 e. The summed E-state index contributed by atoms with van der Waals surface area (Å²) in [6, 6.07) is 11.4. The summed E-state index contributed by atoms with van der Waals surface area (Å²) in [5.74, 6) is -2.08.